The molecule has 0 fully saturated rings. The Kier molecular flexibility index (Phi) is 4.26. The zero-order valence-corrected chi connectivity index (χ0v) is 10.5. The molecule has 0 saturated heterocycles. The van der Waals surface area contributed by atoms with Crippen LogP contribution < -0.4 is 10.6 Å². The van der Waals surface area contributed by atoms with Gasteiger partial charge in [0.2, 0.25) is 5.91 Å². The number of hydrogen-bond acceptors (Lipinski definition) is 5. The Morgan fingerprint density at radius 2 is 2.31 bits per heavy atom. The molecule has 1 amide bonds. The molecular formula is C9H12ClN3O2S. The Balaban J connectivity index is 3.01. The first-order valence-electron chi connectivity index (χ1n) is 4.62. The van der Waals surface area contributed by atoms with Crippen LogP contribution in [-0.2, 0) is 4.79 Å². The van der Waals surface area contributed by atoms with E-state index in [1.54, 1.807) is 4.90 Å². The quantitative estimate of drug-likeness (QED) is 0.811. The number of carbonyl (C=O) groups excluding carboxylic acids is 2. The summed E-state index contributed by atoms with van der Waals surface area (Å²) < 4.78 is 0. The van der Waals surface area contributed by atoms with Crippen molar-refractivity contribution in [3.63, 3.8) is 0 Å². The number of nitrogens with zero attached hydrogens (tertiary/aromatic N) is 2. The summed E-state index contributed by atoms with van der Waals surface area (Å²) in [4.78, 5) is 27.6. The lowest BCUT2D eigenvalue weighted by Gasteiger charge is -2.24. The van der Waals surface area contributed by atoms with Crippen molar-refractivity contribution in [2.75, 3.05) is 11.4 Å². The minimum Gasteiger partial charge on any atom is -0.368 e. The third kappa shape index (κ3) is 2.93. The van der Waals surface area contributed by atoms with Crippen LogP contribution in [0.1, 0.15) is 23.5 Å². The fourth-order valence-corrected chi connectivity index (χ4v) is 2.33. The van der Waals surface area contributed by atoms with E-state index in [1.807, 2.05) is 13.8 Å². The number of aldehydes is 1. The number of primary amides is 1. The van der Waals surface area contributed by atoms with Gasteiger partial charge in [0.25, 0.3) is 0 Å². The number of halogens is 1. The van der Waals surface area contributed by atoms with Gasteiger partial charge >= 0.3 is 0 Å². The average Bonchev–Trinajstić information content (AvgIpc) is 2.55. The maximum atomic E-state index is 10.9. The Morgan fingerprint density at radius 3 is 2.69 bits per heavy atom. The first-order valence-corrected chi connectivity index (χ1v) is 5.81. The molecule has 2 N–H and O–H groups in total. The molecule has 0 unspecified atom stereocenters. The van der Waals surface area contributed by atoms with Gasteiger partial charge in [0.15, 0.2) is 16.6 Å². The molecule has 0 aromatic carbocycles. The van der Waals surface area contributed by atoms with Gasteiger partial charge in [0.1, 0.15) is 4.88 Å². The molecule has 88 valence electrons. The highest BCUT2D eigenvalue weighted by molar-refractivity contribution is 7.17. The van der Waals surface area contributed by atoms with Crippen LogP contribution in [0.4, 0.5) is 5.13 Å². The molecule has 1 aromatic rings. The number of aromatic nitrogens is 1. The molecule has 0 saturated carbocycles. The smallest absolute Gasteiger partial charge is 0.237 e. The van der Waals surface area contributed by atoms with Gasteiger partial charge in [-0.3, -0.25) is 9.59 Å². The summed E-state index contributed by atoms with van der Waals surface area (Å²) in [6.45, 7) is 3.86. The number of thiazole rings is 1. The monoisotopic (exact) mass is 261 g/mol. The second kappa shape index (κ2) is 5.27. The predicted molar refractivity (Wildman–Crippen MR) is 64.2 cm³/mol. The molecule has 0 radical (unpaired) electrons. The summed E-state index contributed by atoms with van der Waals surface area (Å²) in [7, 11) is 0. The van der Waals surface area contributed by atoms with Crippen LogP contribution in [0.15, 0.2) is 0 Å². The zero-order chi connectivity index (χ0) is 12.3. The van der Waals surface area contributed by atoms with E-state index in [1.165, 1.54) is 0 Å². The lowest BCUT2D eigenvalue weighted by Crippen LogP contribution is -2.38. The molecule has 5 nitrogen and oxygen atoms in total. The normalized spacial score (nSPS) is 10.5. The summed E-state index contributed by atoms with van der Waals surface area (Å²) in [5.41, 5.74) is 5.14. The molecule has 16 heavy (non-hydrogen) atoms. The van der Waals surface area contributed by atoms with Crippen molar-refractivity contribution in [2.45, 2.75) is 19.9 Å². The molecule has 0 aliphatic rings. The minimum absolute atomic E-state index is 0.0502. The lowest BCUT2D eigenvalue weighted by atomic mass is 10.3. The van der Waals surface area contributed by atoms with Crippen LogP contribution in [0.2, 0.25) is 5.15 Å². The van der Waals surface area contributed by atoms with Crippen LogP contribution in [0, 0.1) is 0 Å². The van der Waals surface area contributed by atoms with Crippen LogP contribution >= 0.6 is 22.9 Å². The Hall–Kier alpha value is -1.14. The van der Waals surface area contributed by atoms with Crippen molar-refractivity contribution in [3.8, 4) is 0 Å². The minimum atomic E-state index is -0.451. The average molecular weight is 262 g/mol. The first-order chi connectivity index (χ1) is 7.45. The third-order valence-corrected chi connectivity index (χ3v) is 3.32. The molecule has 1 rings (SSSR count). The SMILES string of the molecule is CC(C)N(CC(N)=O)c1nc(Cl)c(C=O)s1. The zero-order valence-electron chi connectivity index (χ0n) is 8.94. The van der Waals surface area contributed by atoms with E-state index in [-0.39, 0.29) is 17.7 Å². The number of rotatable bonds is 5. The number of amides is 1. The maximum Gasteiger partial charge on any atom is 0.237 e. The number of carbonyl (C=O) groups is 2. The van der Waals surface area contributed by atoms with E-state index in [0.717, 1.165) is 11.3 Å². The largest absolute Gasteiger partial charge is 0.368 e. The van der Waals surface area contributed by atoms with E-state index in [9.17, 15) is 9.59 Å². The van der Waals surface area contributed by atoms with Gasteiger partial charge in [-0.15, -0.1) is 0 Å². The van der Waals surface area contributed by atoms with Gasteiger partial charge in [-0.25, -0.2) is 4.98 Å². The number of anilines is 1. The molecule has 7 heteroatoms. The van der Waals surface area contributed by atoms with E-state index in [4.69, 9.17) is 17.3 Å². The lowest BCUT2D eigenvalue weighted by molar-refractivity contribution is -0.116. The second-order valence-electron chi connectivity index (χ2n) is 3.46. The van der Waals surface area contributed by atoms with Crippen LogP contribution in [-0.4, -0.2) is 29.8 Å². The Bertz CT molecular complexity index is 405. The Labute approximate surface area is 102 Å². The highest BCUT2D eigenvalue weighted by Crippen LogP contribution is 2.29. The van der Waals surface area contributed by atoms with E-state index in [2.05, 4.69) is 4.98 Å². The topological polar surface area (TPSA) is 76.3 Å². The Morgan fingerprint density at radius 1 is 1.69 bits per heavy atom. The fraction of sp³-hybridized carbons (Fsp3) is 0.444. The highest BCUT2D eigenvalue weighted by atomic mass is 35.5. The van der Waals surface area contributed by atoms with Crippen molar-refractivity contribution in [3.05, 3.63) is 10.0 Å². The van der Waals surface area contributed by atoms with Gasteiger partial charge < -0.3 is 10.6 Å². The predicted octanol–water partition coefficient (Wildman–Crippen LogP) is 1.31. The van der Waals surface area contributed by atoms with Crippen molar-refractivity contribution in [1.29, 1.82) is 0 Å². The summed E-state index contributed by atoms with van der Waals surface area (Å²) >= 11 is 6.90. The van der Waals surface area contributed by atoms with Crippen molar-refractivity contribution in [2.24, 2.45) is 5.73 Å². The van der Waals surface area contributed by atoms with E-state index >= 15 is 0 Å². The van der Waals surface area contributed by atoms with Gasteiger partial charge in [0.05, 0.1) is 6.54 Å². The van der Waals surface area contributed by atoms with Crippen LogP contribution in [0.5, 0.6) is 0 Å². The van der Waals surface area contributed by atoms with Crippen molar-refractivity contribution >= 4 is 40.3 Å². The first kappa shape index (κ1) is 12.9. The van der Waals surface area contributed by atoms with Gasteiger partial charge in [0, 0.05) is 6.04 Å². The molecular weight excluding hydrogens is 250 g/mol. The summed E-state index contributed by atoms with van der Waals surface area (Å²) in [6.07, 6.45) is 0.645. The summed E-state index contributed by atoms with van der Waals surface area (Å²) in [5.74, 6) is -0.451. The molecule has 0 aliphatic heterocycles. The standard InChI is InChI=1S/C9H12ClN3O2S/c1-5(2)13(3-7(11)15)9-12-8(10)6(4-14)16-9/h4-5H,3H2,1-2H3,(H2,11,15). The maximum absolute atomic E-state index is 10.9. The second-order valence-corrected chi connectivity index (χ2v) is 4.82. The van der Waals surface area contributed by atoms with Crippen molar-refractivity contribution < 1.29 is 9.59 Å². The van der Waals surface area contributed by atoms with Crippen molar-refractivity contribution in [1.82, 2.24) is 4.98 Å². The molecule has 0 spiro atoms. The van der Waals surface area contributed by atoms with E-state index < -0.39 is 5.91 Å². The molecule has 1 aromatic heterocycles. The molecule has 0 atom stereocenters. The molecule has 0 aliphatic carbocycles. The highest BCUT2D eigenvalue weighted by Gasteiger charge is 2.19. The number of nitrogens with two attached hydrogens (primary N) is 1. The number of hydrogen-bond donors (Lipinski definition) is 1. The molecule has 0 bridgehead atoms. The van der Waals surface area contributed by atoms with Crippen LogP contribution in [0.25, 0.3) is 0 Å². The van der Waals surface area contributed by atoms with Crippen LogP contribution in [0.3, 0.4) is 0 Å². The molecule has 1 heterocycles. The van der Waals surface area contributed by atoms with Gasteiger partial charge in [-0.2, -0.15) is 0 Å². The van der Waals surface area contributed by atoms with E-state index in [0.29, 0.717) is 16.3 Å². The summed E-state index contributed by atoms with van der Waals surface area (Å²) in [5, 5.41) is 0.686. The fourth-order valence-electron chi connectivity index (χ4n) is 1.14. The van der Waals surface area contributed by atoms with Gasteiger partial charge in [-0.05, 0) is 13.8 Å². The summed E-state index contributed by atoms with van der Waals surface area (Å²) in [6, 6.07) is 0.0502. The van der Waals surface area contributed by atoms with Gasteiger partial charge in [-0.1, -0.05) is 22.9 Å². The third-order valence-electron chi connectivity index (χ3n) is 1.90.